The molecular weight excluding hydrogens is 740 g/mol. The minimum absolute atomic E-state index is 0.0299. The van der Waals surface area contributed by atoms with Crippen LogP contribution in [0.2, 0.25) is 5.02 Å². The third kappa shape index (κ3) is 9.52. The maximum atomic E-state index is 15.8. The van der Waals surface area contributed by atoms with Gasteiger partial charge in [0.1, 0.15) is 18.3 Å². The summed E-state index contributed by atoms with van der Waals surface area (Å²) in [6.07, 6.45) is -2.13. The standard InChI is InChI=1S/C52H53ClO5/c1-37-25-28-43(29-26-37)51(2,3)44-31-42(27-30-45(44)53)46-47(56-33-39-19-11-6-12-20-39)48(57-34-40-21-13-7-14-22-40)50(58-35-41-23-15-8-16-24-41)52(4,49(46)54)36-55-32-38-17-9-5-10-18-38/h5-31,46-48,50H,32-36H2,1-4H3/t46-,47-,48+,50-,52-/m0/s1. The Labute approximate surface area is 348 Å². The van der Waals surface area contributed by atoms with Crippen LogP contribution in [0.4, 0.5) is 0 Å². The molecule has 6 heteroatoms. The van der Waals surface area contributed by atoms with Crippen LogP contribution in [-0.4, -0.2) is 30.7 Å². The van der Waals surface area contributed by atoms with Crippen LogP contribution in [0.1, 0.15) is 71.2 Å². The number of hydrogen-bond donors (Lipinski definition) is 0. The summed E-state index contributed by atoms with van der Waals surface area (Å²) in [6, 6.07) is 54.8. The molecule has 0 spiro atoms. The first-order chi connectivity index (χ1) is 28.1. The van der Waals surface area contributed by atoms with E-state index in [9.17, 15) is 0 Å². The lowest BCUT2D eigenvalue weighted by Gasteiger charge is -2.50. The highest BCUT2D eigenvalue weighted by Crippen LogP contribution is 2.48. The molecule has 0 heterocycles. The van der Waals surface area contributed by atoms with Crippen LogP contribution in [0.25, 0.3) is 0 Å². The molecule has 298 valence electrons. The van der Waals surface area contributed by atoms with Crippen LogP contribution in [0.3, 0.4) is 0 Å². The average Bonchev–Trinajstić information content (AvgIpc) is 3.25. The zero-order valence-electron chi connectivity index (χ0n) is 33.9. The Morgan fingerprint density at radius 3 is 1.57 bits per heavy atom. The van der Waals surface area contributed by atoms with Gasteiger partial charge in [0.15, 0.2) is 5.78 Å². The average molecular weight is 793 g/mol. The fourth-order valence-electron chi connectivity index (χ4n) is 8.11. The number of ketones is 1. The summed E-state index contributed by atoms with van der Waals surface area (Å²) < 4.78 is 27.5. The molecule has 6 aromatic rings. The summed E-state index contributed by atoms with van der Waals surface area (Å²) in [4.78, 5) is 15.8. The number of Topliss-reactive ketones (excluding diaryl/α,β-unsaturated/α-hetero) is 1. The molecule has 0 aromatic heterocycles. The maximum absolute atomic E-state index is 15.8. The van der Waals surface area contributed by atoms with Gasteiger partial charge >= 0.3 is 0 Å². The van der Waals surface area contributed by atoms with Crippen molar-refractivity contribution in [2.24, 2.45) is 5.41 Å². The maximum Gasteiger partial charge on any atom is 0.153 e. The Balaban J connectivity index is 1.35. The molecule has 0 saturated heterocycles. The molecule has 7 rings (SSSR count). The largest absolute Gasteiger partial charge is 0.376 e. The van der Waals surface area contributed by atoms with E-state index in [2.05, 4.69) is 51.1 Å². The lowest BCUT2D eigenvalue weighted by molar-refractivity contribution is -0.220. The van der Waals surface area contributed by atoms with Gasteiger partial charge in [0.05, 0.1) is 44.4 Å². The van der Waals surface area contributed by atoms with Crippen LogP contribution >= 0.6 is 11.6 Å². The van der Waals surface area contributed by atoms with E-state index in [0.29, 0.717) is 18.2 Å². The highest BCUT2D eigenvalue weighted by atomic mass is 35.5. The lowest BCUT2D eigenvalue weighted by Crippen LogP contribution is -2.64. The molecule has 0 bridgehead atoms. The first-order valence-electron chi connectivity index (χ1n) is 20.1. The predicted octanol–water partition coefficient (Wildman–Crippen LogP) is 11.6. The zero-order chi connectivity index (χ0) is 40.5. The Morgan fingerprint density at radius 1 is 0.586 bits per heavy atom. The highest BCUT2D eigenvalue weighted by molar-refractivity contribution is 6.31. The van der Waals surface area contributed by atoms with Crippen molar-refractivity contribution < 1.29 is 23.7 Å². The number of aryl methyl sites for hydroxylation is 1. The van der Waals surface area contributed by atoms with Gasteiger partial charge in [0, 0.05) is 10.4 Å². The van der Waals surface area contributed by atoms with Crippen molar-refractivity contribution in [3.05, 3.63) is 213 Å². The highest BCUT2D eigenvalue weighted by Gasteiger charge is 2.59. The zero-order valence-corrected chi connectivity index (χ0v) is 34.6. The SMILES string of the molecule is Cc1ccc(C(C)(C)c2cc([C@@H]3C(=O)[C@](C)(COCc4ccccc4)[C@@H](OCc4ccccc4)[C@H](OCc4ccccc4)[C@H]3OCc3ccccc3)ccc2Cl)cc1. The molecule has 5 nitrogen and oxygen atoms in total. The van der Waals surface area contributed by atoms with Crippen molar-refractivity contribution in [2.75, 3.05) is 6.61 Å². The summed E-state index contributed by atoms with van der Waals surface area (Å²) in [5.41, 5.74) is 6.46. The van der Waals surface area contributed by atoms with Crippen LogP contribution in [-0.2, 0) is 55.6 Å². The second-order valence-electron chi connectivity index (χ2n) is 16.2. The lowest BCUT2D eigenvalue weighted by atomic mass is 9.63. The Bertz CT molecular complexity index is 2210. The topological polar surface area (TPSA) is 54.0 Å². The van der Waals surface area contributed by atoms with E-state index < -0.39 is 35.1 Å². The summed E-state index contributed by atoms with van der Waals surface area (Å²) in [5.74, 6) is -0.770. The molecule has 0 amide bonds. The second-order valence-corrected chi connectivity index (χ2v) is 16.6. The van der Waals surface area contributed by atoms with Crippen LogP contribution in [0.5, 0.6) is 0 Å². The molecule has 5 atom stereocenters. The summed E-state index contributed by atoms with van der Waals surface area (Å²) in [5, 5.41) is 0.634. The number of carbonyl (C=O) groups is 1. The third-order valence-electron chi connectivity index (χ3n) is 11.6. The van der Waals surface area contributed by atoms with Crippen molar-refractivity contribution >= 4 is 17.4 Å². The van der Waals surface area contributed by atoms with Gasteiger partial charge in [-0.2, -0.15) is 0 Å². The van der Waals surface area contributed by atoms with Crippen molar-refractivity contribution in [3.63, 3.8) is 0 Å². The molecule has 0 radical (unpaired) electrons. The van der Waals surface area contributed by atoms with Crippen molar-refractivity contribution in [3.8, 4) is 0 Å². The summed E-state index contributed by atoms with van der Waals surface area (Å²) in [7, 11) is 0. The van der Waals surface area contributed by atoms with Gasteiger partial charge in [-0.05, 0) is 58.9 Å². The van der Waals surface area contributed by atoms with E-state index in [1.807, 2.05) is 140 Å². The molecule has 1 aliphatic rings. The smallest absolute Gasteiger partial charge is 0.153 e. The first-order valence-corrected chi connectivity index (χ1v) is 20.5. The van der Waals surface area contributed by atoms with Gasteiger partial charge in [-0.15, -0.1) is 0 Å². The number of hydrogen-bond acceptors (Lipinski definition) is 5. The summed E-state index contributed by atoms with van der Waals surface area (Å²) >= 11 is 7.09. The molecular formula is C52H53ClO5. The number of halogens is 1. The molecule has 1 aliphatic carbocycles. The number of benzene rings is 6. The van der Waals surface area contributed by atoms with E-state index in [0.717, 1.165) is 38.9 Å². The van der Waals surface area contributed by atoms with E-state index in [-0.39, 0.29) is 25.6 Å². The van der Waals surface area contributed by atoms with E-state index in [1.165, 1.54) is 5.56 Å². The van der Waals surface area contributed by atoms with Crippen molar-refractivity contribution in [1.29, 1.82) is 0 Å². The van der Waals surface area contributed by atoms with Gasteiger partial charge in [-0.25, -0.2) is 0 Å². The fraction of sp³-hybridized carbons (Fsp3) is 0.288. The van der Waals surface area contributed by atoms with Gasteiger partial charge < -0.3 is 18.9 Å². The predicted molar refractivity (Wildman–Crippen MR) is 232 cm³/mol. The Morgan fingerprint density at radius 2 is 1.05 bits per heavy atom. The van der Waals surface area contributed by atoms with Gasteiger partial charge in [0.25, 0.3) is 0 Å². The molecule has 58 heavy (non-hydrogen) atoms. The molecule has 0 aliphatic heterocycles. The molecule has 1 fully saturated rings. The first kappa shape index (κ1) is 41.3. The molecule has 0 N–H and O–H groups in total. The summed E-state index contributed by atoms with van der Waals surface area (Å²) in [6.45, 7) is 9.74. The second kappa shape index (κ2) is 18.8. The number of carbonyl (C=O) groups excluding carboxylic acids is 1. The quantitative estimate of drug-likeness (QED) is 0.0977. The third-order valence-corrected chi connectivity index (χ3v) is 11.9. The van der Waals surface area contributed by atoms with Crippen molar-refractivity contribution in [1.82, 2.24) is 0 Å². The number of rotatable bonds is 16. The van der Waals surface area contributed by atoms with Crippen LogP contribution in [0, 0.1) is 12.3 Å². The van der Waals surface area contributed by atoms with Crippen molar-refractivity contribution in [2.45, 2.75) is 83.8 Å². The minimum Gasteiger partial charge on any atom is -0.376 e. The molecule has 6 aromatic carbocycles. The van der Waals surface area contributed by atoms with E-state index in [1.54, 1.807) is 0 Å². The van der Waals surface area contributed by atoms with E-state index in [4.69, 9.17) is 30.5 Å². The van der Waals surface area contributed by atoms with E-state index >= 15 is 4.79 Å². The normalized spacial score (nSPS) is 20.9. The molecule has 1 saturated carbocycles. The Hall–Kier alpha value is -4.88. The van der Waals surface area contributed by atoms with Gasteiger partial charge in [-0.3, -0.25) is 4.79 Å². The monoisotopic (exact) mass is 792 g/mol. The Kier molecular flexibility index (Phi) is 13.4. The molecule has 0 unspecified atom stereocenters. The van der Waals surface area contributed by atoms with Crippen LogP contribution < -0.4 is 0 Å². The van der Waals surface area contributed by atoms with Crippen LogP contribution in [0.15, 0.2) is 164 Å². The van der Waals surface area contributed by atoms with Gasteiger partial charge in [0.2, 0.25) is 0 Å². The number of ether oxygens (including phenoxy) is 4. The fourth-order valence-corrected chi connectivity index (χ4v) is 8.46. The van der Waals surface area contributed by atoms with Gasteiger partial charge in [-0.1, -0.05) is 189 Å². The minimum atomic E-state index is -1.14.